The predicted octanol–water partition coefficient (Wildman–Crippen LogP) is 2.19. The van der Waals surface area contributed by atoms with E-state index in [1.54, 1.807) is 36.1 Å². The van der Waals surface area contributed by atoms with E-state index >= 15 is 0 Å². The molecule has 0 aliphatic carbocycles. The molecule has 3 rings (SSSR count). The summed E-state index contributed by atoms with van der Waals surface area (Å²) in [6.07, 6.45) is -0.659. The van der Waals surface area contributed by atoms with E-state index in [0.29, 0.717) is 11.3 Å². The molecule has 8 heteroatoms. The Kier molecular flexibility index (Phi) is 6.34. The molecule has 0 aromatic heterocycles. The summed E-state index contributed by atoms with van der Waals surface area (Å²) >= 11 is 0. The fraction of sp³-hybridized carbons (Fsp3) is 0.333. The van der Waals surface area contributed by atoms with Crippen molar-refractivity contribution in [1.29, 1.82) is 0 Å². The van der Waals surface area contributed by atoms with E-state index in [1.165, 1.54) is 23.4 Å². The monoisotopic (exact) mass is 416 g/mol. The van der Waals surface area contributed by atoms with Crippen molar-refractivity contribution in [3.8, 4) is 5.75 Å². The lowest BCUT2D eigenvalue weighted by Crippen LogP contribution is -2.53. The maximum absolute atomic E-state index is 12.9. The Morgan fingerprint density at radius 2 is 1.62 bits per heavy atom. The van der Waals surface area contributed by atoms with Crippen molar-refractivity contribution in [2.45, 2.75) is 24.8 Å². The number of piperazine rings is 1. The molecule has 0 N–H and O–H groups in total. The van der Waals surface area contributed by atoms with Crippen molar-refractivity contribution >= 4 is 21.7 Å². The Morgan fingerprint density at radius 1 is 0.966 bits per heavy atom. The number of hydrogen-bond donors (Lipinski definition) is 0. The largest absolute Gasteiger partial charge is 0.481 e. The Hall–Kier alpha value is -2.71. The average molecular weight is 416 g/mol. The van der Waals surface area contributed by atoms with Crippen LogP contribution in [0.15, 0.2) is 59.5 Å². The summed E-state index contributed by atoms with van der Waals surface area (Å²) < 4.78 is 32.8. The van der Waals surface area contributed by atoms with Gasteiger partial charge in [-0.05, 0) is 38.1 Å². The summed E-state index contributed by atoms with van der Waals surface area (Å²) in [4.78, 5) is 25.9. The molecule has 1 heterocycles. The molecule has 1 aliphatic rings. The van der Waals surface area contributed by atoms with Crippen LogP contribution in [-0.4, -0.2) is 61.6 Å². The van der Waals surface area contributed by atoms with Crippen molar-refractivity contribution in [2.75, 3.05) is 26.2 Å². The highest BCUT2D eigenvalue weighted by molar-refractivity contribution is 7.89. The zero-order valence-corrected chi connectivity index (χ0v) is 17.3. The number of ketones is 1. The number of Topliss-reactive ketones (excluding diaryl/α,β-unsaturated/α-hetero) is 1. The molecule has 1 unspecified atom stereocenters. The van der Waals surface area contributed by atoms with Crippen LogP contribution < -0.4 is 4.74 Å². The standard InChI is InChI=1S/C21H24N2O5S/c1-16(24)18-7-6-10-20(15-18)29(26,27)23-13-11-22(12-14-23)21(25)17(2)28-19-8-4-3-5-9-19/h3-10,15,17H,11-14H2,1-2H3. The van der Waals surface area contributed by atoms with E-state index in [4.69, 9.17) is 4.74 Å². The van der Waals surface area contributed by atoms with Crippen LogP contribution in [-0.2, 0) is 14.8 Å². The molecular weight excluding hydrogens is 392 g/mol. The van der Waals surface area contributed by atoms with E-state index in [1.807, 2.05) is 18.2 Å². The van der Waals surface area contributed by atoms with Crippen LogP contribution >= 0.6 is 0 Å². The third-order valence-electron chi connectivity index (χ3n) is 4.83. The van der Waals surface area contributed by atoms with Crippen molar-refractivity contribution in [3.63, 3.8) is 0 Å². The maximum atomic E-state index is 12.9. The van der Waals surface area contributed by atoms with Gasteiger partial charge in [-0.15, -0.1) is 0 Å². The van der Waals surface area contributed by atoms with E-state index < -0.39 is 16.1 Å². The fourth-order valence-electron chi connectivity index (χ4n) is 3.18. The van der Waals surface area contributed by atoms with E-state index in [9.17, 15) is 18.0 Å². The minimum absolute atomic E-state index is 0.0887. The van der Waals surface area contributed by atoms with Gasteiger partial charge in [0.25, 0.3) is 5.91 Å². The quantitative estimate of drug-likeness (QED) is 0.674. The molecule has 1 aliphatic heterocycles. The molecular formula is C21H24N2O5S. The maximum Gasteiger partial charge on any atom is 0.263 e. The first-order valence-corrected chi connectivity index (χ1v) is 10.8. The van der Waals surface area contributed by atoms with Crippen LogP contribution in [0.2, 0.25) is 0 Å². The zero-order chi connectivity index (χ0) is 21.0. The number of rotatable bonds is 6. The predicted molar refractivity (Wildman–Crippen MR) is 108 cm³/mol. The van der Waals surface area contributed by atoms with E-state index in [0.717, 1.165) is 0 Å². The second kappa shape index (κ2) is 8.75. The number of hydrogen-bond acceptors (Lipinski definition) is 5. The van der Waals surface area contributed by atoms with E-state index in [-0.39, 0.29) is 42.8 Å². The lowest BCUT2D eigenvalue weighted by atomic mass is 10.2. The van der Waals surface area contributed by atoms with Crippen molar-refractivity contribution in [3.05, 3.63) is 60.2 Å². The Labute approximate surface area is 170 Å². The van der Waals surface area contributed by atoms with Crippen LogP contribution in [0.4, 0.5) is 0 Å². The van der Waals surface area contributed by atoms with Crippen LogP contribution in [0.5, 0.6) is 5.75 Å². The van der Waals surface area contributed by atoms with Crippen molar-refractivity contribution in [2.24, 2.45) is 0 Å². The number of carbonyl (C=O) groups is 2. The highest BCUT2D eigenvalue weighted by Crippen LogP contribution is 2.20. The van der Waals surface area contributed by atoms with Gasteiger partial charge in [0.2, 0.25) is 10.0 Å². The Bertz CT molecular complexity index is 983. The van der Waals surface area contributed by atoms with Gasteiger partial charge in [-0.25, -0.2) is 8.42 Å². The molecule has 7 nitrogen and oxygen atoms in total. The Morgan fingerprint density at radius 3 is 2.24 bits per heavy atom. The number of para-hydroxylation sites is 1. The lowest BCUT2D eigenvalue weighted by molar-refractivity contribution is -0.139. The van der Waals surface area contributed by atoms with Gasteiger partial charge in [-0.2, -0.15) is 4.31 Å². The fourth-order valence-corrected chi connectivity index (χ4v) is 4.65. The summed E-state index contributed by atoms with van der Waals surface area (Å²) in [6, 6.07) is 15.1. The molecule has 0 bridgehead atoms. The van der Waals surface area contributed by atoms with Gasteiger partial charge in [0, 0.05) is 31.7 Å². The summed E-state index contributed by atoms with van der Waals surface area (Å²) in [5.74, 6) is 0.245. The molecule has 1 atom stereocenters. The number of nitrogens with zero attached hydrogens (tertiary/aromatic N) is 2. The summed E-state index contributed by atoms with van der Waals surface area (Å²) in [7, 11) is -3.72. The summed E-state index contributed by atoms with van der Waals surface area (Å²) in [5, 5.41) is 0. The molecule has 0 radical (unpaired) electrons. The molecule has 2 aromatic rings. The number of carbonyl (C=O) groups excluding carboxylic acids is 2. The molecule has 154 valence electrons. The first-order chi connectivity index (χ1) is 13.8. The lowest BCUT2D eigenvalue weighted by Gasteiger charge is -2.35. The van der Waals surface area contributed by atoms with Gasteiger partial charge in [0.15, 0.2) is 11.9 Å². The van der Waals surface area contributed by atoms with Crippen LogP contribution in [0.25, 0.3) is 0 Å². The molecule has 0 spiro atoms. The third kappa shape index (κ3) is 4.83. The van der Waals surface area contributed by atoms with Gasteiger partial charge in [-0.3, -0.25) is 9.59 Å². The molecule has 29 heavy (non-hydrogen) atoms. The van der Waals surface area contributed by atoms with Crippen LogP contribution in [0.1, 0.15) is 24.2 Å². The van der Waals surface area contributed by atoms with Crippen LogP contribution in [0.3, 0.4) is 0 Å². The summed E-state index contributed by atoms with van der Waals surface area (Å²) in [6.45, 7) is 4.03. The van der Waals surface area contributed by atoms with Crippen molar-refractivity contribution in [1.82, 2.24) is 9.21 Å². The zero-order valence-electron chi connectivity index (χ0n) is 16.4. The molecule has 1 fully saturated rings. The highest BCUT2D eigenvalue weighted by atomic mass is 32.2. The second-order valence-electron chi connectivity index (χ2n) is 6.89. The Balaban J connectivity index is 1.63. The normalized spacial score (nSPS) is 16.3. The molecule has 0 saturated carbocycles. The smallest absolute Gasteiger partial charge is 0.263 e. The minimum atomic E-state index is -3.72. The number of amides is 1. The number of ether oxygens (including phenoxy) is 1. The van der Waals surface area contributed by atoms with Crippen molar-refractivity contribution < 1.29 is 22.7 Å². The van der Waals surface area contributed by atoms with Gasteiger partial charge in [-0.1, -0.05) is 30.3 Å². The minimum Gasteiger partial charge on any atom is -0.481 e. The van der Waals surface area contributed by atoms with Gasteiger partial charge in [0.05, 0.1) is 4.90 Å². The first kappa shape index (κ1) is 21.0. The number of sulfonamides is 1. The van der Waals surface area contributed by atoms with Gasteiger partial charge >= 0.3 is 0 Å². The third-order valence-corrected chi connectivity index (χ3v) is 6.73. The van der Waals surface area contributed by atoms with Gasteiger partial charge in [0.1, 0.15) is 5.75 Å². The molecule has 1 saturated heterocycles. The van der Waals surface area contributed by atoms with E-state index in [2.05, 4.69) is 0 Å². The second-order valence-corrected chi connectivity index (χ2v) is 8.82. The SMILES string of the molecule is CC(=O)c1cccc(S(=O)(=O)N2CCN(C(=O)C(C)Oc3ccccc3)CC2)c1. The first-order valence-electron chi connectivity index (χ1n) is 9.40. The molecule has 2 aromatic carbocycles. The van der Waals surface area contributed by atoms with Crippen LogP contribution in [0, 0.1) is 0 Å². The summed E-state index contributed by atoms with van der Waals surface area (Å²) in [5.41, 5.74) is 0.353. The average Bonchev–Trinajstić information content (AvgIpc) is 2.74. The van der Waals surface area contributed by atoms with Gasteiger partial charge < -0.3 is 9.64 Å². The highest BCUT2D eigenvalue weighted by Gasteiger charge is 2.32. The molecule has 1 amide bonds. The number of benzene rings is 2. The topological polar surface area (TPSA) is 84.0 Å².